The van der Waals surface area contributed by atoms with Crippen LogP contribution in [0.15, 0.2) is 18.5 Å². The van der Waals surface area contributed by atoms with Gasteiger partial charge in [0.2, 0.25) is 5.91 Å². The fraction of sp³-hybridized carbons (Fsp3) is 0.714. The molecule has 1 amide bonds. The van der Waals surface area contributed by atoms with Gasteiger partial charge in [0.15, 0.2) is 0 Å². The average molecular weight is 385 g/mol. The number of nitrogens with zero attached hydrogens (tertiary/aromatic N) is 6. The highest BCUT2D eigenvalue weighted by molar-refractivity contribution is 5.76. The van der Waals surface area contributed by atoms with E-state index in [1.54, 1.807) is 10.9 Å². The van der Waals surface area contributed by atoms with Gasteiger partial charge >= 0.3 is 0 Å². The van der Waals surface area contributed by atoms with E-state index in [2.05, 4.69) is 15.4 Å². The highest BCUT2D eigenvalue weighted by Crippen LogP contribution is 2.49. The highest BCUT2D eigenvalue weighted by atomic mass is 16.2. The summed E-state index contributed by atoms with van der Waals surface area (Å²) in [7, 11) is 2.00. The number of hydrogen-bond acceptors (Lipinski definition) is 4. The Morgan fingerprint density at radius 2 is 1.96 bits per heavy atom. The lowest BCUT2D eigenvalue weighted by molar-refractivity contribution is -0.138. The number of likely N-dealkylation sites (N-methyl/N-ethyl adjacent to an activating group) is 1. The van der Waals surface area contributed by atoms with Gasteiger partial charge in [0, 0.05) is 25.8 Å². The fourth-order valence-corrected chi connectivity index (χ4v) is 5.45. The SMILES string of the molecule is CCn1nccc1-c1cn(CC(=O)N(C)C2CCCCC23CCCCC3)nn1. The van der Waals surface area contributed by atoms with Gasteiger partial charge in [0.05, 0.1) is 11.9 Å². The first-order valence-corrected chi connectivity index (χ1v) is 10.8. The van der Waals surface area contributed by atoms with Crippen LogP contribution in [0, 0.1) is 5.41 Å². The first-order chi connectivity index (χ1) is 13.6. The molecule has 7 heteroatoms. The van der Waals surface area contributed by atoms with Gasteiger partial charge in [-0.2, -0.15) is 5.10 Å². The van der Waals surface area contributed by atoms with Crippen LogP contribution < -0.4 is 0 Å². The van der Waals surface area contributed by atoms with E-state index in [9.17, 15) is 4.79 Å². The topological polar surface area (TPSA) is 68.8 Å². The van der Waals surface area contributed by atoms with Gasteiger partial charge in [-0.05, 0) is 44.1 Å². The minimum absolute atomic E-state index is 0.136. The first kappa shape index (κ1) is 19.2. The third kappa shape index (κ3) is 3.59. The smallest absolute Gasteiger partial charge is 0.244 e. The van der Waals surface area contributed by atoms with Gasteiger partial charge in [-0.15, -0.1) is 5.10 Å². The molecule has 2 fully saturated rings. The van der Waals surface area contributed by atoms with Crippen molar-refractivity contribution in [2.75, 3.05) is 7.05 Å². The molecule has 0 saturated heterocycles. The Labute approximate surface area is 167 Å². The maximum atomic E-state index is 13.1. The van der Waals surface area contributed by atoms with Gasteiger partial charge < -0.3 is 4.90 Å². The molecule has 28 heavy (non-hydrogen) atoms. The second-order valence-corrected chi connectivity index (χ2v) is 8.52. The van der Waals surface area contributed by atoms with E-state index in [1.165, 1.54) is 51.4 Å². The molecule has 1 unspecified atom stereocenters. The molecule has 0 aromatic carbocycles. The second kappa shape index (κ2) is 8.05. The summed E-state index contributed by atoms with van der Waals surface area (Å²) >= 11 is 0. The maximum absolute atomic E-state index is 13.1. The van der Waals surface area contributed by atoms with E-state index in [0.29, 0.717) is 11.5 Å². The molecule has 7 nitrogen and oxygen atoms in total. The Hall–Kier alpha value is -2.18. The Morgan fingerprint density at radius 1 is 1.21 bits per heavy atom. The van der Waals surface area contributed by atoms with Gasteiger partial charge in [-0.25, -0.2) is 4.68 Å². The van der Waals surface area contributed by atoms with Crippen LogP contribution in [0.4, 0.5) is 0 Å². The fourth-order valence-electron chi connectivity index (χ4n) is 5.45. The minimum atomic E-state index is 0.136. The molecule has 2 aliphatic carbocycles. The first-order valence-electron chi connectivity index (χ1n) is 10.8. The lowest BCUT2D eigenvalue weighted by atomic mass is 9.62. The molecule has 2 aromatic rings. The maximum Gasteiger partial charge on any atom is 0.244 e. The van der Waals surface area contributed by atoms with Crippen molar-refractivity contribution in [1.82, 2.24) is 29.7 Å². The lowest BCUT2D eigenvalue weighted by Gasteiger charge is -2.50. The number of aromatic nitrogens is 5. The van der Waals surface area contributed by atoms with E-state index in [0.717, 1.165) is 24.4 Å². The largest absolute Gasteiger partial charge is 0.341 e. The zero-order valence-corrected chi connectivity index (χ0v) is 17.2. The summed E-state index contributed by atoms with van der Waals surface area (Å²) in [6, 6.07) is 2.30. The number of carbonyl (C=O) groups excluding carboxylic acids is 1. The predicted molar refractivity (Wildman–Crippen MR) is 107 cm³/mol. The van der Waals surface area contributed by atoms with Gasteiger partial charge in [-0.3, -0.25) is 9.48 Å². The molecule has 4 rings (SSSR count). The molecular formula is C21H32N6O. The molecule has 2 aliphatic rings. The molecule has 0 N–H and O–H groups in total. The highest BCUT2D eigenvalue weighted by Gasteiger charge is 2.44. The van der Waals surface area contributed by atoms with Crippen LogP contribution in [-0.2, 0) is 17.9 Å². The zero-order valence-electron chi connectivity index (χ0n) is 17.2. The number of hydrogen-bond donors (Lipinski definition) is 0. The molecule has 0 bridgehead atoms. The van der Waals surface area contributed by atoms with Crippen molar-refractivity contribution in [2.45, 2.75) is 83.8 Å². The van der Waals surface area contributed by atoms with Gasteiger partial charge in [0.1, 0.15) is 12.2 Å². The zero-order chi connectivity index (χ0) is 19.6. The van der Waals surface area contributed by atoms with Crippen molar-refractivity contribution in [3.63, 3.8) is 0 Å². The number of carbonyl (C=O) groups is 1. The Bertz CT molecular complexity index is 795. The van der Waals surface area contributed by atoms with Gasteiger partial charge in [0.25, 0.3) is 0 Å². The lowest BCUT2D eigenvalue weighted by Crippen LogP contribution is -2.52. The molecule has 0 radical (unpaired) electrons. The molecule has 0 aliphatic heterocycles. The minimum Gasteiger partial charge on any atom is -0.341 e. The Balaban J connectivity index is 1.46. The van der Waals surface area contributed by atoms with Crippen LogP contribution in [-0.4, -0.2) is 48.7 Å². The van der Waals surface area contributed by atoms with Crippen molar-refractivity contribution in [3.05, 3.63) is 18.5 Å². The van der Waals surface area contributed by atoms with E-state index in [1.807, 2.05) is 35.8 Å². The summed E-state index contributed by atoms with van der Waals surface area (Å²) in [4.78, 5) is 15.1. The molecule has 1 atom stereocenters. The second-order valence-electron chi connectivity index (χ2n) is 8.52. The quantitative estimate of drug-likeness (QED) is 0.791. The molecule has 1 spiro atoms. The molecular weight excluding hydrogens is 352 g/mol. The Morgan fingerprint density at radius 3 is 2.71 bits per heavy atom. The van der Waals surface area contributed by atoms with Crippen molar-refractivity contribution in [2.24, 2.45) is 5.41 Å². The van der Waals surface area contributed by atoms with Crippen LogP contribution in [0.1, 0.15) is 64.7 Å². The van der Waals surface area contributed by atoms with Crippen molar-refractivity contribution in [1.29, 1.82) is 0 Å². The monoisotopic (exact) mass is 384 g/mol. The van der Waals surface area contributed by atoms with Crippen LogP contribution in [0.2, 0.25) is 0 Å². The third-order valence-corrected chi connectivity index (χ3v) is 6.93. The predicted octanol–water partition coefficient (Wildman–Crippen LogP) is 3.51. The number of amides is 1. The molecule has 2 aromatic heterocycles. The van der Waals surface area contributed by atoms with Crippen molar-refractivity contribution in [3.8, 4) is 11.4 Å². The van der Waals surface area contributed by atoms with Gasteiger partial charge in [-0.1, -0.05) is 37.3 Å². The number of aryl methyl sites for hydroxylation is 1. The summed E-state index contributed by atoms with van der Waals surface area (Å²) in [6.45, 7) is 3.07. The molecule has 2 heterocycles. The average Bonchev–Trinajstić information content (AvgIpc) is 3.37. The Kier molecular flexibility index (Phi) is 5.51. The summed E-state index contributed by atoms with van der Waals surface area (Å²) < 4.78 is 3.55. The summed E-state index contributed by atoms with van der Waals surface area (Å²) in [5.41, 5.74) is 2.04. The summed E-state index contributed by atoms with van der Waals surface area (Å²) in [5, 5.41) is 12.7. The van der Waals surface area contributed by atoms with Crippen molar-refractivity contribution < 1.29 is 4.79 Å². The van der Waals surface area contributed by atoms with Crippen LogP contribution >= 0.6 is 0 Å². The third-order valence-electron chi connectivity index (χ3n) is 6.93. The summed E-state index contributed by atoms with van der Waals surface area (Å²) in [6.07, 6.45) is 15.1. The standard InChI is InChI=1S/C21H32N6O/c1-3-27-18(10-14-22-27)17-15-26(24-23-17)16-20(28)25(2)19-9-5-8-13-21(19)11-6-4-7-12-21/h10,14-15,19H,3-9,11-13,16H2,1-2H3. The van der Waals surface area contributed by atoms with Crippen LogP contribution in [0.25, 0.3) is 11.4 Å². The molecule has 152 valence electrons. The van der Waals surface area contributed by atoms with E-state index in [4.69, 9.17) is 0 Å². The summed E-state index contributed by atoms with van der Waals surface area (Å²) in [5.74, 6) is 0.136. The molecule has 2 saturated carbocycles. The van der Waals surface area contributed by atoms with Crippen LogP contribution in [0.5, 0.6) is 0 Å². The van der Waals surface area contributed by atoms with E-state index >= 15 is 0 Å². The van der Waals surface area contributed by atoms with Crippen molar-refractivity contribution >= 4 is 5.91 Å². The van der Waals surface area contributed by atoms with E-state index < -0.39 is 0 Å². The normalized spacial score (nSPS) is 21.7. The number of rotatable bonds is 5. The van der Waals surface area contributed by atoms with Crippen LogP contribution in [0.3, 0.4) is 0 Å². The van der Waals surface area contributed by atoms with E-state index in [-0.39, 0.29) is 12.5 Å².